The lowest BCUT2D eigenvalue weighted by Gasteiger charge is -2.18. The molecule has 0 spiro atoms. The Morgan fingerprint density at radius 2 is 2.29 bits per heavy atom. The van der Waals surface area contributed by atoms with Gasteiger partial charge < -0.3 is 5.32 Å². The van der Waals surface area contributed by atoms with Crippen molar-refractivity contribution in [3.05, 3.63) is 32.8 Å². The minimum atomic E-state index is -0.480. The van der Waals surface area contributed by atoms with Gasteiger partial charge in [0.05, 0.1) is 11.6 Å². The first-order chi connectivity index (χ1) is 6.68. The predicted octanol–water partition coefficient (Wildman–Crippen LogP) is 1.72. The van der Waals surface area contributed by atoms with Crippen molar-refractivity contribution < 1.29 is 4.92 Å². The highest BCUT2D eigenvalue weighted by Gasteiger charge is 2.18. The van der Waals surface area contributed by atoms with Gasteiger partial charge in [-0.25, -0.2) is 0 Å². The molecule has 74 valence electrons. The van der Waals surface area contributed by atoms with Crippen LogP contribution in [0, 0.1) is 10.1 Å². The molecule has 0 saturated heterocycles. The van der Waals surface area contributed by atoms with Crippen LogP contribution in [0.4, 0.5) is 11.4 Å². The first-order valence-corrected chi connectivity index (χ1v) is 4.47. The highest BCUT2D eigenvalue weighted by molar-refractivity contribution is 6.32. The molecule has 0 atom stereocenters. The zero-order valence-electron chi connectivity index (χ0n) is 7.21. The Bertz CT molecular complexity index is 394. The standard InChI is InChI=1S/C8H8ClN3O2/c9-6-1-5-3-10-4-11-7(5)2-8(6)12(13)14/h1-2,10-11H,3-4H2. The van der Waals surface area contributed by atoms with Gasteiger partial charge >= 0.3 is 0 Å². The van der Waals surface area contributed by atoms with E-state index in [0.29, 0.717) is 13.2 Å². The Balaban J connectivity index is 2.50. The zero-order chi connectivity index (χ0) is 10.1. The highest BCUT2D eigenvalue weighted by atomic mass is 35.5. The quantitative estimate of drug-likeness (QED) is 0.551. The fourth-order valence-electron chi connectivity index (χ4n) is 1.41. The largest absolute Gasteiger partial charge is 0.372 e. The van der Waals surface area contributed by atoms with Crippen molar-refractivity contribution in [2.24, 2.45) is 0 Å². The van der Waals surface area contributed by atoms with Gasteiger partial charge in [-0.3, -0.25) is 15.4 Å². The number of nitrogens with one attached hydrogen (secondary N) is 2. The summed E-state index contributed by atoms with van der Waals surface area (Å²) in [7, 11) is 0. The Hall–Kier alpha value is -1.33. The third-order valence-corrected chi connectivity index (χ3v) is 2.39. The van der Waals surface area contributed by atoms with Crippen LogP contribution >= 0.6 is 11.6 Å². The maximum absolute atomic E-state index is 10.6. The van der Waals surface area contributed by atoms with E-state index in [0.717, 1.165) is 11.3 Å². The molecule has 1 heterocycles. The van der Waals surface area contributed by atoms with E-state index in [-0.39, 0.29) is 10.7 Å². The van der Waals surface area contributed by atoms with E-state index in [1.165, 1.54) is 6.07 Å². The van der Waals surface area contributed by atoms with Crippen LogP contribution in [-0.4, -0.2) is 11.6 Å². The molecular formula is C8H8ClN3O2. The summed E-state index contributed by atoms with van der Waals surface area (Å²) in [6.07, 6.45) is 0. The summed E-state index contributed by atoms with van der Waals surface area (Å²) in [5, 5.41) is 16.9. The summed E-state index contributed by atoms with van der Waals surface area (Å²) < 4.78 is 0. The predicted molar refractivity (Wildman–Crippen MR) is 53.4 cm³/mol. The van der Waals surface area contributed by atoms with Crippen LogP contribution in [0.1, 0.15) is 5.56 Å². The summed E-state index contributed by atoms with van der Waals surface area (Å²) in [5.74, 6) is 0. The Labute approximate surface area is 85.2 Å². The van der Waals surface area contributed by atoms with Gasteiger partial charge in [0.1, 0.15) is 5.02 Å². The molecule has 14 heavy (non-hydrogen) atoms. The molecule has 0 saturated carbocycles. The number of benzene rings is 1. The summed E-state index contributed by atoms with van der Waals surface area (Å²) in [4.78, 5) is 10.1. The number of hydrogen-bond acceptors (Lipinski definition) is 4. The monoisotopic (exact) mass is 213 g/mol. The van der Waals surface area contributed by atoms with Crippen LogP contribution < -0.4 is 10.6 Å². The number of rotatable bonds is 1. The Kier molecular flexibility index (Phi) is 2.26. The van der Waals surface area contributed by atoms with Crippen LogP contribution in [0.25, 0.3) is 0 Å². The lowest BCUT2D eigenvalue weighted by atomic mass is 10.1. The van der Waals surface area contributed by atoms with Gasteiger partial charge in [-0.1, -0.05) is 11.6 Å². The first kappa shape index (κ1) is 9.23. The normalized spacial score (nSPS) is 14.4. The third kappa shape index (κ3) is 1.51. The Morgan fingerprint density at radius 3 is 3.00 bits per heavy atom. The molecular weight excluding hydrogens is 206 g/mol. The van der Waals surface area contributed by atoms with Crippen molar-refractivity contribution in [3.8, 4) is 0 Å². The molecule has 0 bridgehead atoms. The van der Waals surface area contributed by atoms with Crippen molar-refractivity contribution >= 4 is 23.0 Å². The van der Waals surface area contributed by atoms with Crippen LogP contribution in [0.5, 0.6) is 0 Å². The van der Waals surface area contributed by atoms with Gasteiger partial charge in [0.25, 0.3) is 5.69 Å². The van der Waals surface area contributed by atoms with Crippen LogP contribution in [0.15, 0.2) is 12.1 Å². The number of nitrogens with zero attached hydrogens (tertiary/aromatic N) is 1. The van der Waals surface area contributed by atoms with Crippen molar-refractivity contribution in [1.82, 2.24) is 5.32 Å². The molecule has 0 fully saturated rings. The van der Waals surface area contributed by atoms with E-state index < -0.39 is 4.92 Å². The third-order valence-electron chi connectivity index (χ3n) is 2.09. The molecule has 2 N–H and O–H groups in total. The summed E-state index contributed by atoms with van der Waals surface area (Å²) in [6.45, 7) is 1.30. The van der Waals surface area contributed by atoms with Crippen molar-refractivity contribution in [2.45, 2.75) is 6.54 Å². The summed E-state index contributed by atoms with van der Waals surface area (Å²) >= 11 is 5.76. The van der Waals surface area contributed by atoms with Gasteiger partial charge in [0, 0.05) is 18.3 Å². The molecule has 6 heteroatoms. The van der Waals surface area contributed by atoms with E-state index in [2.05, 4.69) is 10.6 Å². The summed E-state index contributed by atoms with van der Waals surface area (Å²) in [6, 6.07) is 3.09. The fraction of sp³-hybridized carbons (Fsp3) is 0.250. The lowest BCUT2D eigenvalue weighted by molar-refractivity contribution is -0.384. The first-order valence-electron chi connectivity index (χ1n) is 4.10. The average Bonchev–Trinajstić information content (AvgIpc) is 2.16. The second kappa shape index (κ2) is 3.43. The number of anilines is 1. The molecule has 1 aromatic carbocycles. The molecule has 1 aromatic rings. The van der Waals surface area contributed by atoms with Crippen molar-refractivity contribution in [2.75, 3.05) is 12.0 Å². The molecule has 0 aromatic heterocycles. The molecule has 2 rings (SSSR count). The minimum Gasteiger partial charge on any atom is -0.372 e. The molecule has 5 nitrogen and oxygen atoms in total. The molecule has 0 unspecified atom stereocenters. The lowest BCUT2D eigenvalue weighted by Crippen LogP contribution is -2.27. The molecule has 1 aliphatic rings. The van der Waals surface area contributed by atoms with Gasteiger partial charge in [-0.05, 0) is 11.6 Å². The highest BCUT2D eigenvalue weighted by Crippen LogP contribution is 2.31. The van der Waals surface area contributed by atoms with E-state index in [1.54, 1.807) is 6.07 Å². The van der Waals surface area contributed by atoms with E-state index in [4.69, 9.17) is 11.6 Å². The number of hydrogen-bond donors (Lipinski definition) is 2. The molecule has 0 radical (unpaired) electrons. The van der Waals surface area contributed by atoms with Gasteiger partial charge in [-0.15, -0.1) is 0 Å². The number of nitro benzene ring substituents is 1. The van der Waals surface area contributed by atoms with Crippen molar-refractivity contribution in [1.29, 1.82) is 0 Å². The van der Waals surface area contributed by atoms with Gasteiger partial charge in [-0.2, -0.15) is 0 Å². The second-order valence-corrected chi connectivity index (χ2v) is 3.41. The van der Waals surface area contributed by atoms with E-state index >= 15 is 0 Å². The zero-order valence-corrected chi connectivity index (χ0v) is 7.97. The topological polar surface area (TPSA) is 67.2 Å². The van der Waals surface area contributed by atoms with Crippen LogP contribution in [-0.2, 0) is 6.54 Å². The maximum Gasteiger partial charge on any atom is 0.289 e. The SMILES string of the molecule is O=[N+]([O-])c1cc2c(cc1Cl)CNCN2. The number of halogens is 1. The van der Waals surface area contributed by atoms with E-state index in [1.807, 2.05) is 0 Å². The molecule has 1 aliphatic heterocycles. The van der Waals surface area contributed by atoms with Crippen LogP contribution in [0.3, 0.4) is 0 Å². The molecule has 0 amide bonds. The number of nitro groups is 1. The maximum atomic E-state index is 10.6. The Morgan fingerprint density at radius 1 is 1.50 bits per heavy atom. The minimum absolute atomic E-state index is 0.0557. The van der Waals surface area contributed by atoms with Gasteiger partial charge in [0.2, 0.25) is 0 Å². The van der Waals surface area contributed by atoms with Crippen LogP contribution in [0.2, 0.25) is 5.02 Å². The van der Waals surface area contributed by atoms with Crippen molar-refractivity contribution in [3.63, 3.8) is 0 Å². The molecule has 0 aliphatic carbocycles. The fourth-order valence-corrected chi connectivity index (χ4v) is 1.66. The number of fused-ring (bicyclic) bond motifs is 1. The van der Waals surface area contributed by atoms with E-state index in [9.17, 15) is 10.1 Å². The van der Waals surface area contributed by atoms with Gasteiger partial charge in [0.15, 0.2) is 0 Å². The second-order valence-electron chi connectivity index (χ2n) is 3.00. The summed E-state index contributed by atoms with van der Waals surface area (Å²) in [5.41, 5.74) is 1.67. The average molecular weight is 214 g/mol. The smallest absolute Gasteiger partial charge is 0.289 e.